The predicted octanol–water partition coefficient (Wildman–Crippen LogP) is 33.8. The second kappa shape index (κ2) is 38.2. The molecule has 0 aliphatic heterocycles. The van der Waals surface area contributed by atoms with Crippen LogP contribution in [0.4, 0.5) is 0 Å². The summed E-state index contributed by atoms with van der Waals surface area (Å²) in [5.74, 6) is 1.43. The van der Waals surface area contributed by atoms with Crippen LogP contribution in [0.5, 0.6) is 0 Å². The first-order valence-corrected chi connectivity index (χ1v) is 45.0. The fraction of sp³-hybridized carbons (Fsp3) is 0.463. The quantitative estimate of drug-likeness (QED) is 0.0334. The zero-order valence-electron chi connectivity index (χ0n) is 56.0. The van der Waals surface area contributed by atoms with Crippen molar-refractivity contribution in [2.75, 3.05) is 0 Å². The van der Waals surface area contributed by atoms with E-state index in [-0.39, 0.29) is 0 Å². The fourth-order valence-electron chi connectivity index (χ4n) is 13.1. The van der Waals surface area contributed by atoms with Crippen LogP contribution in [0.3, 0.4) is 0 Å². The molecule has 2 atom stereocenters. The molecule has 0 saturated heterocycles. The van der Waals surface area contributed by atoms with Gasteiger partial charge in [0, 0.05) is 107 Å². The van der Waals surface area contributed by atoms with Crippen LogP contribution < -0.4 is 0 Å². The summed E-state index contributed by atoms with van der Waals surface area (Å²) >= 11 is 21.6. The summed E-state index contributed by atoms with van der Waals surface area (Å²) in [4.78, 5) is 30.7. The van der Waals surface area contributed by atoms with Gasteiger partial charge in [-0.15, -0.1) is 125 Å². The zero-order valence-corrected chi connectivity index (χ0v) is 65.0. The van der Waals surface area contributed by atoms with Gasteiger partial charge < -0.3 is 0 Å². The Hall–Kier alpha value is -3.30. The lowest BCUT2D eigenvalue weighted by atomic mass is 9.93. The number of rotatable bonds is 44. The molecule has 11 aromatic heterocycles. The summed E-state index contributed by atoms with van der Waals surface area (Å²) in [6, 6.07) is 52.1. The highest BCUT2D eigenvalue weighted by Gasteiger charge is 2.21. The minimum absolute atomic E-state index is 0.713. The molecule has 2 unspecified atom stereocenters. The van der Waals surface area contributed by atoms with Gasteiger partial charge in [-0.25, -0.2) is 0 Å². The van der Waals surface area contributed by atoms with Crippen molar-refractivity contribution in [1.82, 2.24) is 0 Å². The van der Waals surface area contributed by atoms with Crippen molar-refractivity contribution in [2.45, 2.75) is 245 Å². The van der Waals surface area contributed by atoms with E-state index in [1.54, 1.807) is 9.75 Å². The fourth-order valence-corrected chi connectivity index (χ4v) is 25.4. The first-order valence-electron chi connectivity index (χ1n) is 36.0. The third-order valence-corrected chi connectivity index (χ3v) is 32.8. The molecule has 11 rings (SSSR count). The van der Waals surface area contributed by atoms with Crippen molar-refractivity contribution < 1.29 is 0 Å². The maximum absolute atomic E-state index is 2.49. The lowest BCUT2D eigenvalue weighted by molar-refractivity contribution is 0.488. The maximum Gasteiger partial charge on any atom is 0.0449 e. The standard InChI is InChI=1S/C82H100S11/c1-5-9-13-17-21-23-27-31-35-59(33-29-25-19-15-11-7-3)61-37-39-63(83-61)65-41-43-67(85-65)69-45-47-71(87-69)73-49-51-75(89-73)77-53-55-79(91-77)81-57-58-82(93-81)80-56-54-78(92-80)76-52-50-74(90-76)72-48-46-70(88-72)68-44-42-66(86-68)64-40-38-62(84-64)60(34-30-26-20-16-12-8-4)36-32-28-24-22-18-14-10-6-2/h37-60H,5-36H2,1-4H3. The Morgan fingerprint density at radius 2 is 0.290 bits per heavy atom. The Morgan fingerprint density at radius 1 is 0.161 bits per heavy atom. The van der Waals surface area contributed by atoms with E-state index < -0.39 is 0 Å². The molecule has 494 valence electrons. The molecule has 11 heteroatoms. The highest BCUT2D eigenvalue weighted by Crippen LogP contribution is 2.50. The molecule has 0 aromatic carbocycles. The van der Waals surface area contributed by atoms with Crippen LogP contribution >= 0.6 is 125 Å². The van der Waals surface area contributed by atoms with E-state index in [2.05, 4.69) is 184 Å². The normalized spacial score (nSPS) is 12.5. The molecule has 0 radical (unpaired) electrons. The van der Waals surface area contributed by atoms with Crippen LogP contribution in [-0.2, 0) is 0 Å². The van der Waals surface area contributed by atoms with Gasteiger partial charge in [0.15, 0.2) is 0 Å². The smallest absolute Gasteiger partial charge is 0.0449 e. The van der Waals surface area contributed by atoms with E-state index >= 15 is 0 Å². The lowest BCUT2D eigenvalue weighted by Crippen LogP contribution is -1.97. The van der Waals surface area contributed by atoms with Crippen LogP contribution in [0, 0.1) is 0 Å². The van der Waals surface area contributed by atoms with Gasteiger partial charge in [0.05, 0.1) is 0 Å². The molecule has 93 heavy (non-hydrogen) atoms. The van der Waals surface area contributed by atoms with Gasteiger partial charge in [-0.1, -0.05) is 207 Å². The molecule has 0 bridgehead atoms. The molecule has 11 heterocycles. The lowest BCUT2D eigenvalue weighted by Gasteiger charge is -2.15. The molecule has 0 spiro atoms. The van der Waals surface area contributed by atoms with Crippen molar-refractivity contribution in [3.05, 3.63) is 143 Å². The zero-order chi connectivity index (χ0) is 63.8. The molecule has 0 saturated carbocycles. The van der Waals surface area contributed by atoms with Crippen LogP contribution in [0.25, 0.3) is 97.5 Å². The second-order valence-corrected chi connectivity index (χ2v) is 37.9. The molecule has 0 aliphatic rings. The highest BCUT2D eigenvalue weighted by atomic mass is 32.1. The van der Waals surface area contributed by atoms with Gasteiger partial charge in [-0.05, 0) is 171 Å². The monoisotopic (exact) mass is 1440 g/mol. The van der Waals surface area contributed by atoms with Gasteiger partial charge >= 0.3 is 0 Å². The van der Waals surface area contributed by atoms with E-state index in [1.807, 2.05) is 102 Å². The average Bonchev–Trinajstić information content (AvgIpc) is 1.82. The summed E-state index contributed by atoms with van der Waals surface area (Å²) in [5.41, 5.74) is 0. The first-order chi connectivity index (χ1) is 45.9. The van der Waals surface area contributed by atoms with Gasteiger partial charge in [0.25, 0.3) is 0 Å². The molecule has 0 fully saturated rings. The largest absolute Gasteiger partial charge is 0.139 e. The third kappa shape index (κ3) is 20.6. The Bertz CT molecular complexity index is 3600. The third-order valence-electron chi connectivity index (χ3n) is 18.6. The Morgan fingerprint density at radius 3 is 0.452 bits per heavy atom. The summed E-state index contributed by atoms with van der Waals surface area (Å²) in [7, 11) is 0. The van der Waals surface area contributed by atoms with E-state index in [0.29, 0.717) is 11.8 Å². The molecule has 0 amide bonds. The van der Waals surface area contributed by atoms with Gasteiger partial charge in [-0.2, -0.15) is 0 Å². The van der Waals surface area contributed by atoms with Crippen molar-refractivity contribution in [2.24, 2.45) is 0 Å². The SMILES string of the molecule is CCCCCCCCCCC(CCCCCCCC)c1ccc(-c2ccc(-c3ccc(-c4ccc(-c5ccc(-c6ccc(-c7ccc(-c8ccc(-c9ccc(-c%10ccc(-c%11ccc(C(CCCCCCCC)CCCCCCCCCC)s%11)s%10)s9)s8)s7)s6)s5)s4)s3)s2)s1. The Labute approximate surface area is 604 Å². The van der Waals surface area contributed by atoms with Crippen molar-refractivity contribution in [1.29, 1.82) is 0 Å². The Kier molecular flexibility index (Phi) is 29.1. The number of thiophene rings is 11. The summed E-state index contributed by atoms with van der Waals surface area (Å²) in [5, 5.41) is 0. The van der Waals surface area contributed by atoms with Gasteiger partial charge in [0.2, 0.25) is 0 Å². The average molecular weight is 1440 g/mol. The number of unbranched alkanes of at least 4 members (excludes halogenated alkanes) is 24. The van der Waals surface area contributed by atoms with Gasteiger partial charge in [0.1, 0.15) is 0 Å². The molecular weight excluding hydrogens is 1340 g/mol. The van der Waals surface area contributed by atoms with Crippen LogP contribution in [-0.4, -0.2) is 0 Å². The maximum atomic E-state index is 2.49. The van der Waals surface area contributed by atoms with Crippen LogP contribution in [0.2, 0.25) is 0 Å². The van der Waals surface area contributed by atoms with Crippen LogP contribution in [0.15, 0.2) is 133 Å². The topological polar surface area (TPSA) is 0 Å². The van der Waals surface area contributed by atoms with Gasteiger partial charge in [-0.3, -0.25) is 0 Å². The molecule has 0 nitrogen and oxygen atoms in total. The number of hydrogen-bond donors (Lipinski definition) is 0. The number of hydrogen-bond acceptors (Lipinski definition) is 11. The van der Waals surface area contributed by atoms with Crippen molar-refractivity contribution in [3.63, 3.8) is 0 Å². The summed E-state index contributed by atoms with van der Waals surface area (Å²) < 4.78 is 0. The molecule has 11 aromatic rings. The minimum atomic E-state index is 0.713. The molecule has 0 aliphatic carbocycles. The minimum Gasteiger partial charge on any atom is -0.139 e. The van der Waals surface area contributed by atoms with E-state index in [1.165, 1.54) is 303 Å². The molecule has 0 N–H and O–H groups in total. The molecular formula is C82H100S11. The summed E-state index contributed by atoms with van der Waals surface area (Å²) in [6.45, 7) is 9.29. The Balaban J connectivity index is 0.667. The van der Waals surface area contributed by atoms with Crippen molar-refractivity contribution in [3.8, 4) is 97.5 Å². The summed E-state index contributed by atoms with van der Waals surface area (Å²) in [6.07, 6.45) is 44.4. The predicted molar refractivity (Wildman–Crippen MR) is 433 cm³/mol. The van der Waals surface area contributed by atoms with E-state index in [0.717, 1.165) is 0 Å². The van der Waals surface area contributed by atoms with E-state index in [9.17, 15) is 0 Å². The van der Waals surface area contributed by atoms with Crippen molar-refractivity contribution >= 4 is 125 Å². The van der Waals surface area contributed by atoms with E-state index in [4.69, 9.17) is 0 Å². The first kappa shape index (κ1) is 71.0. The second-order valence-electron chi connectivity index (χ2n) is 25.9. The van der Waals surface area contributed by atoms with Crippen LogP contribution in [0.1, 0.15) is 255 Å². The highest BCUT2D eigenvalue weighted by molar-refractivity contribution is 7.32.